The fourth-order valence-electron chi connectivity index (χ4n) is 2.11. The van der Waals surface area contributed by atoms with Crippen LogP contribution >= 0.6 is 0 Å². The Labute approximate surface area is 106 Å². The maximum atomic E-state index is 11.3. The second-order valence-electron chi connectivity index (χ2n) is 4.06. The molecule has 1 heterocycles. The Morgan fingerprint density at radius 1 is 1.28 bits per heavy atom. The first kappa shape index (κ1) is 12.2. The zero-order valence-corrected chi connectivity index (χ0v) is 10.3. The number of ether oxygens (including phenoxy) is 1. The molecule has 0 bridgehead atoms. The van der Waals surface area contributed by atoms with Gasteiger partial charge in [-0.1, -0.05) is 12.1 Å². The highest BCUT2D eigenvalue weighted by atomic mass is 16.5. The summed E-state index contributed by atoms with van der Waals surface area (Å²) in [5.74, 6) is 0.382. The quantitative estimate of drug-likeness (QED) is 0.725. The van der Waals surface area contributed by atoms with Crippen molar-refractivity contribution in [1.82, 2.24) is 4.90 Å². The molecule has 1 amide bonds. The van der Waals surface area contributed by atoms with E-state index in [4.69, 9.17) is 10.00 Å². The molecule has 94 valence electrons. The van der Waals surface area contributed by atoms with Crippen LogP contribution < -0.4 is 9.64 Å². The van der Waals surface area contributed by atoms with Crippen LogP contribution in [0.1, 0.15) is 0 Å². The highest BCUT2D eigenvalue weighted by molar-refractivity contribution is 5.91. The fraction of sp³-hybridized carbons (Fsp3) is 0.385. The molecule has 5 nitrogen and oxygen atoms in total. The topological polar surface area (TPSA) is 56.6 Å². The molecule has 0 atom stereocenters. The molecule has 0 spiro atoms. The first-order chi connectivity index (χ1) is 8.76. The van der Waals surface area contributed by atoms with Crippen molar-refractivity contribution in [2.24, 2.45) is 0 Å². The molecule has 1 fully saturated rings. The average molecular weight is 245 g/mol. The van der Waals surface area contributed by atoms with Crippen LogP contribution in [0, 0.1) is 11.3 Å². The molecule has 1 aromatic carbocycles. The van der Waals surface area contributed by atoms with Crippen molar-refractivity contribution in [2.75, 3.05) is 38.2 Å². The van der Waals surface area contributed by atoms with E-state index in [0.29, 0.717) is 26.2 Å². The Balaban J connectivity index is 2.06. The number of benzene rings is 1. The van der Waals surface area contributed by atoms with Crippen molar-refractivity contribution >= 4 is 11.6 Å². The predicted molar refractivity (Wildman–Crippen MR) is 67.4 cm³/mol. The predicted octanol–water partition coefficient (Wildman–Crippen LogP) is 0.867. The van der Waals surface area contributed by atoms with Gasteiger partial charge in [-0.05, 0) is 12.1 Å². The van der Waals surface area contributed by atoms with Crippen LogP contribution in [0.2, 0.25) is 0 Å². The van der Waals surface area contributed by atoms with E-state index in [0.717, 1.165) is 11.4 Å². The zero-order valence-electron chi connectivity index (χ0n) is 10.3. The zero-order chi connectivity index (χ0) is 13.0. The van der Waals surface area contributed by atoms with Crippen LogP contribution in [0.15, 0.2) is 24.3 Å². The molecule has 5 heteroatoms. The van der Waals surface area contributed by atoms with Crippen molar-refractivity contribution in [3.63, 3.8) is 0 Å². The van der Waals surface area contributed by atoms with E-state index >= 15 is 0 Å². The van der Waals surface area contributed by atoms with Gasteiger partial charge in [0, 0.05) is 26.2 Å². The summed E-state index contributed by atoms with van der Waals surface area (Å²) in [6.45, 7) is 2.58. The van der Waals surface area contributed by atoms with Gasteiger partial charge in [0.1, 0.15) is 5.75 Å². The van der Waals surface area contributed by atoms with Crippen LogP contribution in [-0.4, -0.2) is 44.1 Å². The number of hydrogen-bond acceptors (Lipinski definition) is 4. The minimum atomic E-state index is -0.449. The molecule has 0 saturated carbocycles. The van der Waals surface area contributed by atoms with E-state index in [1.165, 1.54) is 0 Å². The maximum absolute atomic E-state index is 11.3. The summed E-state index contributed by atoms with van der Waals surface area (Å²) in [7, 11) is 1.65. The van der Waals surface area contributed by atoms with Crippen LogP contribution in [0.5, 0.6) is 5.75 Å². The van der Waals surface area contributed by atoms with Gasteiger partial charge in [-0.2, -0.15) is 5.26 Å². The van der Waals surface area contributed by atoms with Gasteiger partial charge in [-0.3, -0.25) is 4.79 Å². The lowest BCUT2D eigenvalue weighted by Crippen LogP contribution is -2.48. The van der Waals surface area contributed by atoms with Gasteiger partial charge in [0.2, 0.25) is 0 Å². The Morgan fingerprint density at radius 3 is 2.56 bits per heavy atom. The lowest BCUT2D eigenvalue weighted by molar-refractivity contribution is -0.125. The molecule has 0 N–H and O–H groups in total. The molecule has 0 radical (unpaired) electrons. The summed E-state index contributed by atoms with van der Waals surface area (Å²) < 4.78 is 5.32. The third kappa shape index (κ3) is 2.38. The van der Waals surface area contributed by atoms with E-state index in [2.05, 4.69) is 4.90 Å². The van der Waals surface area contributed by atoms with Gasteiger partial charge < -0.3 is 14.5 Å². The molecule has 2 rings (SSSR count). The van der Waals surface area contributed by atoms with E-state index < -0.39 is 5.91 Å². The molecule has 18 heavy (non-hydrogen) atoms. The SMILES string of the molecule is COc1ccccc1N1CCN(C(=O)C#N)CC1. The third-order valence-electron chi connectivity index (χ3n) is 3.09. The number of carbonyl (C=O) groups excluding carboxylic acids is 1. The van der Waals surface area contributed by atoms with Crippen LogP contribution in [0.4, 0.5) is 5.69 Å². The number of nitriles is 1. The van der Waals surface area contributed by atoms with E-state index in [1.54, 1.807) is 18.1 Å². The van der Waals surface area contributed by atoms with E-state index in [1.807, 2.05) is 24.3 Å². The number of methoxy groups -OCH3 is 1. The summed E-state index contributed by atoms with van der Waals surface area (Å²) in [6.07, 6.45) is 0. The number of nitrogens with zero attached hydrogens (tertiary/aromatic N) is 3. The number of rotatable bonds is 2. The molecule has 1 aliphatic heterocycles. The molecule has 1 aromatic rings. The van der Waals surface area contributed by atoms with Gasteiger partial charge in [-0.25, -0.2) is 0 Å². The number of amides is 1. The first-order valence-corrected chi connectivity index (χ1v) is 5.83. The van der Waals surface area contributed by atoms with Crippen LogP contribution in [-0.2, 0) is 4.79 Å². The second-order valence-corrected chi connectivity index (χ2v) is 4.06. The molecular weight excluding hydrogens is 230 g/mol. The minimum Gasteiger partial charge on any atom is -0.495 e. The molecule has 0 aliphatic carbocycles. The number of piperazine rings is 1. The average Bonchev–Trinajstić information content (AvgIpc) is 2.46. The van der Waals surface area contributed by atoms with Gasteiger partial charge in [0.15, 0.2) is 6.07 Å². The lowest BCUT2D eigenvalue weighted by atomic mass is 10.2. The summed E-state index contributed by atoms with van der Waals surface area (Å²) in [5.41, 5.74) is 1.03. The molecule has 1 saturated heterocycles. The Morgan fingerprint density at radius 2 is 1.94 bits per heavy atom. The summed E-state index contributed by atoms with van der Waals surface area (Å²) in [4.78, 5) is 15.0. The molecule has 1 aliphatic rings. The monoisotopic (exact) mass is 245 g/mol. The first-order valence-electron chi connectivity index (χ1n) is 5.83. The van der Waals surface area contributed by atoms with Gasteiger partial charge in [-0.15, -0.1) is 0 Å². The Kier molecular flexibility index (Phi) is 3.68. The summed E-state index contributed by atoms with van der Waals surface area (Å²) >= 11 is 0. The largest absolute Gasteiger partial charge is 0.495 e. The van der Waals surface area contributed by atoms with Crippen molar-refractivity contribution in [3.8, 4) is 11.8 Å². The normalized spacial score (nSPS) is 15.1. The van der Waals surface area contributed by atoms with E-state index in [-0.39, 0.29) is 0 Å². The van der Waals surface area contributed by atoms with Crippen molar-refractivity contribution in [1.29, 1.82) is 5.26 Å². The van der Waals surface area contributed by atoms with Crippen molar-refractivity contribution in [3.05, 3.63) is 24.3 Å². The molecular formula is C13H15N3O2. The van der Waals surface area contributed by atoms with Gasteiger partial charge >= 0.3 is 5.91 Å². The standard InChI is InChI=1S/C13H15N3O2/c1-18-12-5-3-2-4-11(12)15-6-8-16(9-7-15)13(17)10-14/h2-5H,6-9H2,1H3. The summed E-state index contributed by atoms with van der Waals surface area (Å²) in [6, 6.07) is 9.47. The number of hydrogen-bond donors (Lipinski definition) is 0. The van der Waals surface area contributed by atoms with Gasteiger partial charge in [0.25, 0.3) is 0 Å². The maximum Gasteiger partial charge on any atom is 0.325 e. The number of anilines is 1. The third-order valence-corrected chi connectivity index (χ3v) is 3.09. The van der Waals surface area contributed by atoms with E-state index in [9.17, 15) is 4.79 Å². The summed E-state index contributed by atoms with van der Waals surface area (Å²) in [5, 5.41) is 8.58. The van der Waals surface area contributed by atoms with Crippen LogP contribution in [0.3, 0.4) is 0 Å². The minimum absolute atomic E-state index is 0.449. The number of para-hydroxylation sites is 2. The molecule has 0 unspecified atom stereocenters. The Hall–Kier alpha value is -2.22. The highest BCUT2D eigenvalue weighted by Crippen LogP contribution is 2.28. The van der Waals surface area contributed by atoms with Crippen LogP contribution in [0.25, 0.3) is 0 Å². The van der Waals surface area contributed by atoms with Crippen molar-refractivity contribution in [2.45, 2.75) is 0 Å². The smallest absolute Gasteiger partial charge is 0.325 e. The highest BCUT2D eigenvalue weighted by Gasteiger charge is 2.22. The number of carbonyl (C=O) groups is 1. The Bertz CT molecular complexity index is 473. The molecule has 0 aromatic heterocycles. The fourth-order valence-corrected chi connectivity index (χ4v) is 2.11. The van der Waals surface area contributed by atoms with Gasteiger partial charge in [0.05, 0.1) is 12.8 Å². The van der Waals surface area contributed by atoms with Crippen molar-refractivity contribution < 1.29 is 9.53 Å². The lowest BCUT2D eigenvalue weighted by Gasteiger charge is -2.35. The second kappa shape index (κ2) is 5.41.